The number of benzene rings is 1. The molecule has 0 bridgehead atoms. The van der Waals surface area contributed by atoms with Gasteiger partial charge < -0.3 is 10.2 Å². The van der Waals surface area contributed by atoms with Gasteiger partial charge in [-0.1, -0.05) is 37.0 Å². The zero-order valence-corrected chi connectivity index (χ0v) is 13.4. The minimum Gasteiger partial charge on any atom is -0.352 e. The highest BCUT2D eigenvalue weighted by molar-refractivity contribution is 5.94. The first kappa shape index (κ1) is 16.0. The first-order chi connectivity index (χ1) is 10.2. The van der Waals surface area contributed by atoms with Crippen LogP contribution >= 0.6 is 0 Å². The summed E-state index contributed by atoms with van der Waals surface area (Å²) in [4.78, 5) is 14.5. The molecule has 21 heavy (non-hydrogen) atoms. The number of nitrogens with one attached hydrogen (secondary N) is 1. The third-order valence-corrected chi connectivity index (χ3v) is 4.45. The summed E-state index contributed by atoms with van der Waals surface area (Å²) in [6.45, 7) is 3.83. The third kappa shape index (κ3) is 5.16. The van der Waals surface area contributed by atoms with Gasteiger partial charge in [-0.2, -0.15) is 0 Å². The van der Waals surface area contributed by atoms with E-state index in [0.29, 0.717) is 0 Å². The van der Waals surface area contributed by atoms with E-state index in [1.54, 1.807) is 0 Å². The standard InChI is InChI=1S/C18H28N2O/c1-15-8-6-9-16(14-15)18(21)19-12-7-13-20(2)17-10-4-3-5-11-17/h6,8-9,14,17H,3-5,7,10-13H2,1-2H3,(H,19,21). The summed E-state index contributed by atoms with van der Waals surface area (Å²) in [5, 5.41) is 3.02. The molecule has 116 valence electrons. The smallest absolute Gasteiger partial charge is 0.251 e. The molecule has 1 N–H and O–H groups in total. The molecule has 0 atom stereocenters. The van der Waals surface area contributed by atoms with Gasteiger partial charge in [0.1, 0.15) is 0 Å². The molecule has 2 rings (SSSR count). The number of carbonyl (C=O) groups excluding carboxylic acids is 1. The summed E-state index contributed by atoms with van der Waals surface area (Å²) < 4.78 is 0. The number of amides is 1. The second-order valence-electron chi connectivity index (χ2n) is 6.25. The van der Waals surface area contributed by atoms with Gasteiger partial charge in [-0.3, -0.25) is 4.79 Å². The molecule has 0 saturated heterocycles. The highest BCUT2D eigenvalue weighted by Gasteiger charge is 2.17. The van der Waals surface area contributed by atoms with E-state index in [-0.39, 0.29) is 5.91 Å². The fourth-order valence-electron chi connectivity index (χ4n) is 3.12. The minimum atomic E-state index is 0.0408. The van der Waals surface area contributed by atoms with Crippen molar-refractivity contribution in [3.05, 3.63) is 35.4 Å². The number of hydrogen-bond acceptors (Lipinski definition) is 2. The molecule has 0 aromatic heterocycles. The average molecular weight is 288 g/mol. The predicted molar refractivity (Wildman–Crippen MR) is 87.6 cm³/mol. The molecule has 1 aliphatic rings. The lowest BCUT2D eigenvalue weighted by Gasteiger charge is -2.31. The van der Waals surface area contributed by atoms with Gasteiger partial charge in [-0.15, -0.1) is 0 Å². The van der Waals surface area contributed by atoms with Crippen LogP contribution in [0.2, 0.25) is 0 Å². The van der Waals surface area contributed by atoms with Crippen LogP contribution in [0.3, 0.4) is 0 Å². The van der Waals surface area contributed by atoms with E-state index in [9.17, 15) is 4.79 Å². The molecule has 1 amide bonds. The molecule has 0 radical (unpaired) electrons. The fraction of sp³-hybridized carbons (Fsp3) is 0.611. The third-order valence-electron chi connectivity index (χ3n) is 4.45. The molecule has 0 heterocycles. The molecular formula is C18H28N2O. The Hall–Kier alpha value is -1.35. The van der Waals surface area contributed by atoms with Crippen molar-refractivity contribution in [1.82, 2.24) is 10.2 Å². The van der Waals surface area contributed by atoms with Gasteiger partial charge in [0.05, 0.1) is 0 Å². The molecule has 0 aliphatic heterocycles. The average Bonchev–Trinajstić information content (AvgIpc) is 2.52. The van der Waals surface area contributed by atoms with E-state index in [1.807, 2.05) is 31.2 Å². The maximum absolute atomic E-state index is 12.0. The summed E-state index contributed by atoms with van der Waals surface area (Å²) in [6, 6.07) is 8.50. The van der Waals surface area contributed by atoms with Gasteiger partial charge in [0.15, 0.2) is 0 Å². The molecule has 3 nitrogen and oxygen atoms in total. The van der Waals surface area contributed by atoms with E-state index in [2.05, 4.69) is 17.3 Å². The van der Waals surface area contributed by atoms with Crippen molar-refractivity contribution in [2.75, 3.05) is 20.1 Å². The maximum Gasteiger partial charge on any atom is 0.251 e. The predicted octanol–water partition coefficient (Wildman–Crippen LogP) is 3.38. The zero-order chi connectivity index (χ0) is 15.1. The summed E-state index contributed by atoms with van der Waals surface area (Å²) in [7, 11) is 2.22. The molecule has 1 aromatic rings. The number of rotatable bonds is 6. The minimum absolute atomic E-state index is 0.0408. The summed E-state index contributed by atoms with van der Waals surface area (Å²) >= 11 is 0. The van der Waals surface area contributed by atoms with Crippen LogP contribution < -0.4 is 5.32 Å². The molecule has 0 spiro atoms. The van der Waals surface area contributed by atoms with Crippen LogP contribution in [0, 0.1) is 6.92 Å². The van der Waals surface area contributed by atoms with Gasteiger partial charge in [0.2, 0.25) is 0 Å². The van der Waals surface area contributed by atoms with Crippen molar-refractivity contribution in [1.29, 1.82) is 0 Å². The number of aryl methyl sites for hydroxylation is 1. The topological polar surface area (TPSA) is 32.3 Å². The van der Waals surface area contributed by atoms with Crippen LogP contribution in [-0.4, -0.2) is 37.0 Å². The first-order valence-electron chi connectivity index (χ1n) is 8.22. The van der Waals surface area contributed by atoms with Gasteiger partial charge >= 0.3 is 0 Å². The Bertz CT molecular complexity index is 452. The van der Waals surface area contributed by atoms with Crippen molar-refractivity contribution in [3.63, 3.8) is 0 Å². The Kier molecular flexibility index (Phi) is 6.24. The van der Waals surface area contributed by atoms with E-state index in [1.165, 1.54) is 32.1 Å². The van der Waals surface area contributed by atoms with Gasteiger partial charge in [-0.25, -0.2) is 0 Å². The Labute approximate surface area is 128 Å². The van der Waals surface area contributed by atoms with Crippen LogP contribution in [0.5, 0.6) is 0 Å². The second kappa shape index (κ2) is 8.18. The van der Waals surface area contributed by atoms with Crippen LogP contribution in [-0.2, 0) is 0 Å². The van der Waals surface area contributed by atoms with Gasteiger partial charge in [0.25, 0.3) is 5.91 Å². The highest BCUT2D eigenvalue weighted by Crippen LogP contribution is 2.21. The number of nitrogens with zero attached hydrogens (tertiary/aromatic N) is 1. The largest absolute Gasteiger partial charge is 0.352 e. The van der Waals surface area contributed by atoms with Crippen molar-refractivity contribution in [3.8, 4) is 0 Å². The van der Waals surface area contributed by atoms with Crippen LogP contribution in [0.1, 0.15) is 54.4 Å². The van der Waals surface area contributed by atoms with Crippen LogP contribution in [0.25, 0.3) is 0 Å². The lowest BCUT2D eigenvalue weighted by Crippen LogP contribution is -2.35. The monoisotopic (exact) mass is 288 g/mol. The Balaban J connectivity index is 1.66. The van der Waals surface area contributed by atoms with Crippen LogP contribution in [0.4, 0.5) is 0 Å². The van der Waals surface area contributed by atoms with Crippen LogP contribution in [0.15, 0.2) is 24.3 Å². The molecule has 0 unspecified atom stereocenters. The number of hydrogen-bond donors (Lipinski definition) is 1. The van der Waals surface area contributed by atoms with Crippen molar-refractivity contribution >= 4 is 5.91 Å². The lowest BCUT2D eigenvalue weighted by molar-refractivity contribution is 0.0950. The SMILES string of the molecule is Cc1cccc(C(=O)NCCCN(C)C2CCCCC2)c1. The normalized spacial score (nSPS) is 16.1. The Morgan fingerprint density at radius 3 is 2.76 bits per heavy atom. The quantitative estimate of drug-likeness (QED) is 0.814. The van der Waals surface area contributed by atoms with Gasteiger partial charge in [0, 0.05) is 18.2 Å². The van der Waals surface area contributed by atoms with Crippen molar-refractivity contribution < 1.29 is 4.79 Å². The van der Waals surface area contributed by atoms with E-state index in [4.69, 9.17) is 0 Å². The highest BCUT2D eigenvalue weighted by atomic mass is 16.1. The molecule has 3 heteroatoms. The number of carbonyl (C=O) groups is 1. The lowest BCUT2D eigenvalue weighted by atomic mass is 9.94. The Morgan fingerprint density at radius 1 is 1.29 bits per heavy atom. The molecular weight excluding hydrogens is 260 g/mol. The first-order valence-corrected chi connectivity index (χ1v) is 8.22. The van der Waals surface area contributed by atoms with Crippen molar-refractivity contribution in [2.24, 2.45) is 0 Å². The molecule has 1 aromatic carbocycles. The fourth-order valence-corrected chi connectivity index (χ4v) is 3.12. The van der Waals surface area contributed by atoms with Crippen molar-refractivity contribution in [2.45, 2.75) is 51.5 Å². The van der Waals surface area contributed by atoms with Gasteiger partial charge in [-0.05, 0) is 51.9 Å². The summed E-state index contributed by atoms with van der Waals surface area (Å²) in [6.07, 6.45) is 7.85. The second-order valence-corrected chi connectivity index (χ2v) is 6.25. The maximum atomic E-state index is 12.0. The van der Waals surface area contributed by atoms with E-state index >= 15 is 0 Å². The molecule has 1 aliphatic carbocycles. The zero-order valence-electron chi connectivity index (χ0n) is 13.4. The summed E-state index contributed by atoms with van der Waals surface area (Å²) in [5.74, 6) is 0.0408. The molecule has 1 saturated carbocycles. The Morgan fingerprint density at radius 2 is 2.05 bits per heavy atom. The van der Waals surface area contributed by atoms with E-state index in [0.717, 1.165) is 36.7 Å². The molecule has 1 fully saturated rings. The summed E-state index contributed by atoms with van der Waals surface area (Å²) in [5.41, 5.74) is 1.88. The van der Waals surface area contributed by atoms with E-state index < -0.39 is 0 Å².